The fourth-order valence-corrected chi connectivity index (χ4v) is 2.77. The second kappa shape index (κ2) is 8.01. The summed E-state index contributed by atoms with van der Waals surface area (Å²) in [7, 11) is 0. The zero-order valence-electron chi connectivity index (χ0n) is 14.0. The van der Waals surface area contributed by atoms with Crippen molar-refractivity contribution in [1.82, 2.24) is 0 Å². The van der Waals surface area contributed by atoms with Gasteiger partial charge in [-0.2, -0.15) is 0 Å². The Morgan fingerprint density at radius 1 is 0.840 bits per heavy atom. The van der Waals surface area contributed by atoms with Crippen LogP contribution in [0.25, 0.3) is 11.1 Å². The number of benzene rings is 3. The predicted octanol–water partition coefficient (Wildman–Crippen LogP) is 6.50. The molecular weight excluding hydrogens is 331 g/mol. The van der Waals surface area contributed by atoms with Crippen molar-refractivity contribution in [3.8, 4) is 23.0 Å². The minimum absolute atomic E-state index is 0.285. The third-order valence-corrected chi connectivity index (χ3v) is 4.22. The van der Waals surface area contributed by atoms with Gasteiger partial charge < -0.3 is 0 Å². The summed E-state index contributed by atoms with van der Waals surface area (Å²) >= 11 is 5.88. The minimum Gasteiger partial charge on any atom is -0.206 e. The zero-order chi connectivity index (χ0) is 17.6. The van der Waals surface area contributed by atoms with Crippen molar-refractivity contribution < 1.29 is 4.39 Å². The normalized spacial score (nSPS) is 10.2. The zero-order valence-corrected chi connectivity index (χ0v) is 14.8. The quantitative estimate of drug-likeness (QED) is 0.474. The molecule has 0 fully saturated rings. The molecule has 0 aliphatic carbocycles. The molecule has 0 aliphatic rings. The number of hydrogen-bond acceptors (Lipinski definition) is 0. The summed E-state index contributed by atoms with van der Waals surface area (Å²) < 4.78 is 14.4. The highest BCUT2D eigenvalue weighted by Crippen LogP contribution is 2.25. The van der Waals surface area contributed by atoms with Gasteiger partial charge in [0.05, 0.1) is 0 Å². The van der Waals surface area contributed by atoms with E-state index in [0.717, 1.165) is 24.0 Å². The average molecular weight is 349 g/mol. The fraction of sp³-hybridized carbons (Fsp3) is 0.130. The lowest BCUT2D eigenvalue weighted by molar-refractivity contribution is 0.631. The topological polar surface area (TPSA) is 0 Å². The van der Waals surface area contributed by atoms with Gasteiger partial charge in [0, 0.05) is 21.7 Å². The van der Waals surface area contributed by atoms with Gasteiger partial charge in [-0.1, -0.05) is 67.1 Å². The maximum Gasteiger partial charge on any atom is 0.132 e. The van der Waals surface area contributed by atoms with Crippen LogP contribution in [0.2, 0.25) is 5.02 Å². The first-order valence-electron chi connectivity index (χ1n) is 8.32. The van der Waals surface area contributed by atoms with Crippen LogP contribution in [0.4, 0.5) is 4.39 Å². The van der Waals surface area contributed by atoms with E-state index in [1.807, 2.05) is 30.3 Å². The highest BCUT2D eigenvalue weighted by molar-refractivity contribution is 6.30. The Morgan fingerprint density at radius 2 is 1.48 bits per heavy atom. The van der Waals surface area contributed by atoms with E-state index in [4.69, 9.17) is 11.6 Å². The third-order valence-electron chi connectivity index (χ3n) is 3.97. The molecule has 25 heavy (non-hydrogen) atoms. The molecule has 0 radical (unpaired) electrons. The van der Waals surface area contributed by atoms with Crippen molar-refractivity contribution in [2.24, 2.45) is 0 Å². The lowest BCUT2D eigenvalue weighted by Crippen LogP contribution is -1.86. The molecule has 0 N–H and O–H groups in total. The number of aryl methyl sites for hydroxylation is 1. The molecule has 0 saturated heterocycles. The summed E-state index contributed by atoms with van der Waals surface area (Å²) in [5, 5.41) is 0.636. The Morgan fingerprint density at radius 3 is 2.12 bits per heavy atom. The van der Waals surface area contributed by atoms with Crippen molar-refractivity contribution in [3.05, 3.63) is 94.3 Å². The molecular formula is C23H18ClF. The average Bonchev–Trinajstić information content (AvgIpc) is 2.62. The van der Waals surface area contributed by atoms with Crippen LogP contribution < -0.4 is 0 Å². The summed E-state index contributed by atoms with van der Waals surface area (Å²) in [6.07, 6.45) is 2.20. The molecule has 0 heterocycles. The van der Waals surface area contributed by atoms with Crippen molar-refractivity contribution in [3.63, 3.8) is 0 Å². The largest absolute Gasteiger partial charge is 0.206 e. The Labute approximate surface area is 153 Å². The summed E-state index contributed by atoms with van der Waals surface area (Å²) in [4.78, 5) is 0. The van der Waals surface area contributed by atoms with Crippen molar-refractivity contribution in [2.45, 2.75) is 19.8 Å². The first kappa shape index (κ1) is 17.3. The van der Waals surface area contributed by atoms with Crippen LogP contribution in [0.3, 0.4) is 0 Å². The van der Waals surface area contributed by atoms with Crippen LogP contribution >= 0.6 is 11.6 Å². The summed E-state index contributed by atoms with van der Waals surface area (Å²) in [6.45, 7) is 2.16. The minimum atomic E-state index is -0.285. The maximum atomic E-state index is 14.4. The Bertz CT molecular complexity index is 913. The van der Waals surface area contributed by atoms with E-state index >= 15 is 0 Å². The van der Waals surface area contributed by atoms with Gasteiger partial charge >= 0.3 is 0 Å². The standard InChI is InChI=1S/C23H18ClF/c1-2-3-17-4-6-18(7-5-17)8-9-19-10-15-22(23(25)16-19)20-11-13-21(24)14-12-20/h4-7,10-16H,2-3H2,1H3. The van der Waals surface area contributed by atoms with Gasteiger partial charge in [0.25, 0.3) is 0 Å². The lowest BCUT2D eigenvalue weighted by atomic mass is 10.0. The maximum absolute atomic E-state index is 14.4. The highest BCUT2D eigenvalue weighted by Gasteiger charge is 2.05. The third kappa shape index (κ3) is 4.50. The van der Waals surface area contributed by atoms with Crippen LogP contribution in [0, 0.1) is 17.7 Å². The molecule has 0 aromatic heterocycles. The smallest absolute Gasteiger partial charge is 0.132 e. The summed E-state index contributed by atoms with van der Waals surface area (Å²) in [5.74, 6) is 5.84. The predicted molar refractivity (Wildman–Crippen MR) is 103 cm³/mol. The van der Waals surface area contributed by atoms with E-state index in [2.05, 4.69) is 30.9 Å². The van der Waals surface area contributed by atoms with Crippen molar-refractivity contribution in [2.75, 3.05) is 0 Å². The number of rotatable bonds is 3. The highest BCUT2D eigenvalue weighted by atomic mass is 35.5. The van der Waals surface area contributed by atoms with Gasteiger partial charge in [-0.3, -0.25) is 0 Å². The molecule has 0 unspecified atom stereocenters. The molecule has 124 valence electrons. The van der Waals surface area contributed by atoms with Gasteiger partial charge in [0.2, 0.25) is 0 Å². The summed E-state index contributed by atoms with van der Waals surface area (Å²) in [5.41, 5.74) is 4.25. The molecule has 0 atom stereocenters. The first-order chi connectivity index (χ1) is 12.2. The van der Waals surface area contributed by atoms with Gasteiger partial charge in [-0.25, -0.2) is 4.39 Å². The Hall–Kier alpha value is -2.56. The van der Waals surface area contributed by atoms with Gasteiger partial charge in [-0.05, 0) is 53.9 Å². The number of hydrogen-bond donors (Lipinski definition) is 0. The molecule has 0 aliphatic heterocycles. The molecule has 0 amide bonds. The molecule has 2 heteroatoms. The molecule has 3 aromatic carbocycles. The van der Waals surface area contributed by atoms with Gasteiger partial charge in [0.15, 0.2) is 0 Å². The second-order valence-corrected chi connectivity index (χ2v) is 6.33. The Kier molecular flexibility index (Phi) is 5.53. The van der Waals surface area contributed by atoms with Gasteiger partial charge in [-0.15, -0.1) is 0 Å². The second-order valence-electron chi connectivity index (χ2n) is 5.90. The van der Waals surface area contributed by atoms with Crippen LogP contribution in [-0.2, 0) is 6.42 Å². The van der Waals surface area contributed by atoms with Crippen LogP contribution in [-0.4, -0.2) is 0 Å². The first-order valence-corrected chi connectivity index (χ1v) is 8.70. The van der Waals surface area contributed by atoms with E-state index in [9.17, 15) is 4.39 Å². The van der Waals surface area contributed by atoms with Crippen LogP contribution in [0.15, 0.2) is 66.7 Å². The van der Waals surface area contributed by atoms with Crippen LogP contribution in [0.5, 0.6) is 0 Å². The monoisotopic (exact) mass is 348 g/mol. The number of halogens is 2. The van der Waals surface area contributed by atoms with E-state index in [-0.39, 0.29) is 5.82 Å². The molecule has 3 aromatic rings. The Balaban J connectivity index is 1.80. The molecule has 3 rings (SSSR count). The van der Waals surface area contributed by atoms with Crippen LogP contribution in [0.1, 0.15) is 30.0 Å². The van der Waals surface area contributed by atoms with E-state index in [1.165, 1.54) is 11.6 Å². The van der Waals surface area contributed by atoms with E-state index in [1.54, 1.807) is 18.2 Å². The molecule has 0 spiro atoms. The van der Waals surface area contributed by atoms with Crippen molar-refractivity contribution >= 4 is 11.6 Å². The van der Waals surface area contributed by atoms with Gasteiger partial charge in [0.1, 0.15) is 5.82 Å². The lowest BCUT2D eigenvalue weighted by Gasteiger charge is -2.04. The molecule has 0 bridgehead atoms. The fourth-order valence-electron chi connectivity index (χ4n) is 2.64. The molecule has 0 nitrogen and oxygen atoms in total. The van der Waals surface area contributed by atoms with Crippen molar-refractivity contribution in [1.29, 1.82) is 0 Å². The van der Waals surface area contributed by atoms with E-state index < -0.39 is 0 Å². The van der Waals surface area contributed by atoms with E-state index in [0.29, 0.717) is 16.1 Å². The SMILES string of the molecule is CCCc1ccc(C#Cc2ccc(-c3ccc(Cl)cc3)c(F)c2)cc1. The summed E-state index contributed by atoms with van der Waals surface area (Å²) in [6, 6.07) is 20.4. The molecule has 0 saturated carbocycles.